The van der Waals surface area contributed by atoms with E-state index in [0.29, 0.717) is 42.1 Å². The van der Waals surface area contributed by atoms with Crippen molar-refractivity contribution < 1.29 is 13.5 Å². The number of anilines is 2. The van der Waals surface area contributed by atoms with E-state index in [1.807, 2.05) is 6.07 Å². The van der Waals surface area contributed by atoms with Crippen molar-refractivity contribution >= 4 is 17.2 Å². The van der Waals surface area contributed by atoms with Crippen molar-refractivity contribution in [3.05, 3.63) is 71.7 Å². The first-order chi connectivity index (χ1) is 18.5. The normalized spacial score (nSPS) is 22.6. The Kier molecular flexibility index (Phi) is 6.80. The van der Waals surface area contributed by atoms with Gasteiger partial charge in [-0.1, -0.05) is 6.92 Å². The lowest BCUT2D eigenvalue weighted by Crippen LogP contribution is -2.31. The summed E-state index contributed by atoms with van der Waals surface area (Å²) in [7, 11) is 0. The van der Waals surface area contributed by atoms with Gasteiger partial charge in [-0.05, 0) is 91.3 Å². The highest BCUT2D eigenvalue weighted by Crippen LogP contribution is 2.39. The molecule has 0 spiro atoms. The van der Waals surface area contributed by atoms with Crippen LogP contribution in [0.25, 0.3) is 16.8 Å². The van der Waals surface area contributed by atoms with E-state index < -0.39 is 11.6 Å². The van der Waals surface area contributed by atoms with E-state index in [4.69, 9.17) is 10.5 Å². The van der Waals surface area contributed by atoms with Crippen LogP contribution in [0.2, 0.25) is 0 Å². The van der Waals surface area contributed by atoms with Crippen molar-refractivity contribution in [2.45, 2.75) is 56.9 Å². The number of nitrogens with one attached hydrogen (secondary N) is 1. The SMILES string of the molecule is CC1CC(N)CC(c2ccncc2Nc2ncc3ccc(-c4c(F)cc(C5CCOCC5)cc4F)nn23)C1. The average Bonchev–Trinajstić information content (AvgIpc) is 3.30. The van der Waals surface area contributed by atoms with Crippen LogP contribution in [-0.4, -0.2) is 38.8 Å². The Morgan fingerprint density at radius 2 is 1.79 bits per heavy atom. The van der Waals surface area contributed by atoms with Crippen LogP contribution in [0, 0.1) is 17.6 Å². The monoisotopic (exact) mass is 518 g/mol. The number of hydrogen-bond donors (Lipinski definition) is 2. The van der Waals surface area contributed by atoms with Crippen LogP contribution in [-0.2, 0) is 4.74 Å². The molecule has 198 valence electrons. The molecule has 1 aliphatic carbocycles. The number of pyridine rings is 1. The molecule has 2 fully saturated rings. The summed E-state index contributed by atoms with van der Waals surface area (Å²) < 4.78 is 37.5. The third-order valence-electron chi connectivity index (χ3n) is 7.92. The van der Waals surface area contributed by atoms with Crippen molar-refractivity contribution in [2.24, 2.45) is 11.7 Å². The number of halogens is 2. The molecule has 3 aromatic heterocycles. The van der Waals surface area contributed by atoms with Gasteiger partial charge < -0.3 is 15.8 Å². The first-order valence-corrected chi connectivity index (χ1v) is 13.3. The fourth-order valence-electron chi connectivity index (χ4n) is 6.10. The number of nitrogens with two attached hydrogens (primary N) is 1. The van der Waals surface area contributed by atoms with Gasteiger partial charge in [0, 0.05) is 25.5 Å². The molecule has 38 heavy (non-hydrogen) atoms. The molecule has 0 amide bonds. The van der Waals surface area contributed by atoms with Crippen molar-refractivity contribution in [3.63, 3.8) is 0 Å². The van der Waals surface area contributed by atoms with Gasteiger partial charge in [0.2, 0.25) is 5.95 Å². The Bertz CT molecular complexity index is 1420. The Morgan fingerprint density at radius 1 is 1.00 bits per heavy atom. The van der Waals surface area contributed by atoms with Gasteiger partial charge in [0.05, 0.1) is 34.9 Å². The Balaban J connectivity index is 1.32. The number of benzene rings is 1. The third kappa shape index (κ3) is 4.88. The van der Waals surface area contributed by atoms with E-state index in [-0.39, 0.29) is 23.2 Å². The van der Waals surface area contributed by atoms with Gasteiger partial charge in [0.15, 0.2) is 0 Å². The van der Waals surface area contributed by atoms with E-state index in [9.17, 15) is 0 Å². The van der Waals surface area contributed by atoms with Crippen LogP contribution < -0.4 is 11.1 Å². The molecule has 1 saturated heterocycles. The highest BCUT2D eigenvalue weighted by Gasteiger charge is 2.27. The molecule has 3 atom stereocenters. The lowest BCUT2D eigenvalue weighted by Gasteiger charge is -2.32. The zero-order valence-electron chi connectivity index (χ0n) is 21.4. The fraction of sp³-hybridized carbons (Fsp3) is 0.414. The van der Waals surface area contributed by atoms with Gasteiger partial charge in [-0.3, -0.25) is 4.98 Å². The van der Waals surface area contributed by atoms with Crippen molar-refractivity contribution in [2.75, 3.05) is 18.5 Å². The molecular formula is C29H32F2N6O. The van der Waals surface area contributed by atoms with Gasteiger partial charge in [0.25, 0.3) is 0 Å². The summed E-state index contributed by atoms with van der Waals surface area (Å²) in [5.41, 5.74) is 9.72. The number of aromatic nitrogens is 4. The predicted octanol–water partition coefficient (Wildman–Crippen LogP) is 5.94. The number of imidazole rings is 1. The minimum Gasteiger partial charge on any atom is -0.381 e. The lowest BCUT2D eigenvalue weighted by atomic mass is 9.76. The van der Waals surface area contributed by atoms with Crippen LogP contribution in [0.15, 0.2) is 48.9 Å². The number of nitrogens with zero attached hydrogens (tertiary/aromatic N) is 4. The number of fused-ring (bicyclic) bond motifs is 1. The summed E-state index contributed by atoms with van der Waals surface area (Å²) >= 11 is 0. The minimum absolute atomic E-state index is 0.0945. The topological polar surface area (TPSA) is 90.4 Å². The van der Waals surface area contributed by atoms with Gasteiger partial charge in [-0.15, -0.1) is 0 Å². The van der Waals surface area contributed by atoms with Crippen LogP contribution in [0.1, 0.15) is 62.0 Å². The second-order valence-corrected chi connectivity index (χ2v) is 10.7. The van der Waals surface area contributed by atoms with Crippen molar-refractivity contribution in [1.82, 2.24) is 19.6 Å². The predicted molar refractivity (Wildman–Crippen MR) is 142 cm³/mol. The quantitative estimate of drug-likeness (QED) is 0.340. The molecule has 1 aromatic carbocycles. The van der Waals surface area contributed by atoms with Gasteiger partial charge >= 0.3 is 0 Å². The summed E-state index contributed by atoms with van der Waals surface area (Å²) in [5.74, 6) is 0.159. The largest absolute Gasteiger partial charge is 0.381 e. The molecule has 1 saturated carbocycles. The molecule has 2 aliphatic rings. The minimum atomic E-state index is -0.620. The molecule has 9 heteroatoms. The van der Waals surface area contributed by atoms with Gasteiger partial charge in [-0.25, -0.2) is 13.8 Å². The molecule has 7 nitrogen and oxygen atoms in total. The molecule has 1 aliphatic heterocycles. The number of hydrogen-bond acceptors (Lipinski definition) is 6. The van der Waals surface area contributed by atoms with Crippen LogP contribution in [0.5, 0.6) is 0 Å². The maximum atomic E-state index is 15.3. The highest BCUT2D eigenvalue weighted by molar-refractivity contribution is 5.66. The van der Waals surface area contributed by atoms with Crippen LogP contribution in [0.3, 0.4) is 0 Å². The van der Waals surface area contributed by atoms with Crippen molar-refractivity contribution in [1.29, 1.82) is 0 Å². The first-order valence-electron chi connectivity index (χ1n) is 13.3. The third-order valence-corrected chi connectivity index (χ3v) is 7.92. The van der Waals surface area contributed by atoms with Crippen molar-refractivity contribution in [3.8, 4) is 11.3 Å². The Hall–Kier alpha value is -3.43. The molecular weight excluding hydrogens is 486 g/mol. The molecule has 0 bridgehead atoms. The second-order valence-electron chi connectivity index (χ2n) is 10.7. The van der Waals surface area contributed by atoms with E-state index >= 15 is 8.78 Å². The molecule has 6 rings (SSSR count). The van der Waals surface area contributed by atoms with E-state index in [1.54, 1.807) is 35.2 Å². The van der Waals surface area contributed by atoms with E-state index in [2.05, 4.69) is 27.3 Å². The number of rotatable bonds is 5. The smallest absolute Gasteiger partial charge is 0.229 e. The first kappa shape index (κ1) is 24.9. The van der Waals surface area contributed by atoms with Gasteiger partial charge in [-0.2, -0.15) is 9.61 Å². The van der Waals surface area contributed by atoms with E-state index in [0.717, 1.165) is 43.4 Å². The zero-order chi connectivity index (χ0) is 26.2. The Labute approximate surface area is 220 Å². The summed E-state index contributed by atoms with van der Waals surface area (Å²) in [6.45, 7) is 3.45. The maximum absolute atomic E-state index is 15.3. The summed E-state index contributed by atoms with van der Waals surface area (Å²) in [4.78, 5) is 8.81. The number of ether oxygens (including phenoxy) is 1. The average molecular weight is 519 g/mol. The zero-order valence-corrected chi connectivity index (χ0v) is 21.4. The molecule has 0 radical (unpaired) electrons. The maximum Gasteiger partial charge on any atom is 0.229 e. The van der Waals surface area contributed by atoms with Crippen LogP contribution >= 0.6 is 0 Å². The van der Waals surface area contributed by atoms with E-state index in [1.165, 1.54) is 12.1 Å². The Morgan fingerprint density at radius 3 is 2.55 bits per heavy atom. The standard InChI is InChI=1S/C29H32F2N6O/c1-17-10-20(12-21(32)11-17)23-4-7-33-16-27(23)35-29-34-15-22-2-3-26(36-37(22)29)28-24(30)13-19(14-25(28)31)18-5-8-38-9-6-18/h2-4,7,13-18,20-21H,5-6,8-12,32H2,1H3,(H,34,35). The summed E-state index contributed by atoms with van der Waals surface area (Å²) in [6, 6.07) is 8.45. The molecule has 4 aromatic rings. The van der Waals surface area contributed by atoms with Crippen LogP contribution in [0.4, 0.5) is 20.4 Å². The molecule has 3 N–H and O–H groups in total. The van der Waals surface area contributed by atoms with Gasteiger partial charge in [0.1, 0.15) is 11.6 Å². The second kappa shape index (κ2) is 10.4. The highest BCUT2D eigenvalue weighted by atomic mass is 19.1. The fourth-order valence-corrected chi connectivity index (χ4v) is 6.10. The lowest BCUT2D eigenvalue weighted by molar-refractivity contribution is 0.0852. The molecule has 4 heterocycles. The summed E-state index contributed by atoms with van der Waals surface area (Å²) in [6.07, 6.45) is 9.76. The molecule has 3 unspecified atom stereocenters. The summed E-state index contributed by atoms with van der Waals surface area (Å²) in [5, 5.41) is 7.95.